The average molecular weight is 368 g/mol. The molecule has 140 valence electrons. The van der Waals surface area contributed by atoms with Crippen molar-refractivity contribution < 1.29 is 22.7 Å². The standard InChI is InChI=1S/C18H19F3N2O3/c1-11-14(17(25)23-12(2)22-11)10-16(24)26-9-8-15(18(19,20)21)13-6-4-3-5-7-13/h3-7,15H,8-10H2,1-2H3,(H,22,23,25). The zero-order chi connectivity index (χ0) is 19.3. The lowest BCUT2D eigenvalue weighted by molar-refractivity contribution is -0.159. The molecule has 0 saturated carbocycles. The second-order valence-corrected chi connectivity index (χ2v) is 5.91. The van der Waals surface area contributed by atoms with E-state index in [9.17, 15) is 22.8 Å². The molecule has 0 aliphatic carbocycles. The van der Waals surface area contributed by atoms with Gasteiger partial charge < -0.3 is 9.72 Å². The third-order valence-corrected chi connectivity index (χ3v) is 3.93. The summed E-state index contributed by atoms with van der Waals surface area (Å²) in [6.45, 7) is 2.80. The number of rotatable bonds is 6. The Morgan fingerprint density at radius 3 is 2.46 bits per heavy atom. The van der Waals surface area contributed by atoms with E-state index in [0.29, 0.717) is 11.5 Å². The van der Waals surface area contributed by atoms with Crippen molar-refractivity contribution in [3.63, 3.8) is 0 Å². The van der Waals surface area contributed by atoms with Crippen LogP contribution in [-0.2, 0) is 16.0 Å². The molecular weight excluding hydrogens is 349 g/mol. The van der Waals surface area contributed by atoms with Crippen molar-refractivity contribution in [3.05, 3.63) is 63.3 Å². The lowest BCUT2D eigenvalue weighted by atomic mass is 9.95. The highest BCUT2D eigenvalue weighted by atomic mass is 19.4. The van der Waals surface area contributed by atoms with E-state index in [1.54, 1.807) is 19.9 Å². The number of benzene rings is 1. The summed E-state index contributed by atoms with van der Waals surface area (Å²) in [4.78, 5) is 30.3. The fraction of sp³-hybridized carbons (Fsp3) is 0.389. The zero-order valence-corrected chi connectivity index (χ0v) is 14.4. The van der Waals surface area contributed by atoms with E-state index < -0.39 is 30.2 Å². The fourth-order valence-corrected chi connectivity index (χ4v) is 2.65. The van der Waals surface area contributed by atoms with Gasteiger partial charge in [-0.2, -0.15) is 13.2 Å². The minimum atomic E-state index is -4.44. The van der Waals surface area contributed by atoms with Crippen LogP contribution in [0, 0.1) is 13.8 Å². The van der Waals surface area contributed by atoms with E-state index in [-0.39, 0.29) is 24.0 Å². The smallest absolute Gasteiger partial charge is 0.395 e. The zero-order valence-electron chi connectivity index (χ0n) is 14.4. The number of H-pyrrole nitrogens is 1. The van der Waals surface area contributed by atoms with Crippen molar-refractivity contribution in [2.75, 3.05) is 6.61 Å². The lowest BCUT2D eigenvalue weighted by Crippen LogP contribution is -2.24. The molecule has 1 aromatic heterocycles. The second-order valence-electron chi connectivity index (χ2n) is 5.91. The van der Waals surface area contributed by atoms with Gasteiger partial charge in [0.05, 0.1) is 18.9 Å². The Morgan fingerprint density at radius 2 is 1.88 bits per heavy atom. The maximum Gasteiger partial charge on any atom is 0.395 e. The Labute approximate surface area is 148 Å². The van der Waals surface area contributed by atoms with E-state index in [0.717, 1.165) is 0 Å². The van der Waals surface area contributed by atoms with Crippen LogP contribution in [0.15, 0.2) is 35.1 Å². The number of aromatic amines is 1. The summed E-state index contributed by atoms with van der Waals surface area (Å²) < 4.78 is 44.6. The molecule has 0 bridgehead atoms. The highest BCUT2D eigenvalue weighted by molar-refractivity contribution is 5.72. The summed E-state index contributed by atoms with van der Waals surface area (Å²) in [5, 5.41) is 0. The van der Waals surface area contributed by atoms with Gasteiger partial charge in [0, 0.05) is 11.3 Å². The van der Waals surface area contributed by atoms with Crippen LogP contribution in [0.1, 0.15) is 35.0 Å². The third kappa shape index (κ3) is 5.18. The fourth-order valence-electron chi connectivity index (χ4n) is 2.65. The minimum absolute atomic E-state index is 0.117. The number of carbonyl (C=O) groups is 1. The molecule has 0 aliphatic heterocycles. The van der Waals surface area contributed by atoms with Gasteiger partial charge in [0.25, 0.3) is 5.56 Å². The molecule has 1 N–H and O–H groups in total. The lowest BCUT2D eigenvalue weighted by Gasteiger charge is -2.20. The molecule has 0 radical (unpaired) electrons. The Bertz CT molecular complexity index is 817. The third-order valence-electron chi connectivity index (χ3n) is 3.93. The van der Waals surface area contributed by atoms with Gasteiger partial charge in [0.2, 0.25) is 0 Å². The average Bonchev–Trinajstić information content (AvgIpc) is 2.54. The van der Waals surface area contributed by atoms with Gasteiger partial charge in [-0.05, 0) is 25.8 Å². The van der Waals surface area contributed by atoms with Crippen molar-refractivity contribution in [1.82, 2.24) is 9.97 Å². The number of hydrogen-bond acceptors (Lipinski definition) is 4. The molecule has 0 aliphatic rings. The van der Waals surface area contributed by atoms with Crippen LogP contribution < -0.4 is 5.56 Å². The molecule has 8 heteroatoms. The van der Waals surface area contributed by atoms with Crippen LogP contribution in [-0.4, -0.2) is 28.7 Å². The normalized spacial score (nSPS) is 12.7. The number of esters is 1. The highest BCUT2D eigenvalue weighted by Gasteiger charge is 2.40. The number of ether oxygens (including phenoxy) is 1. The molecule has 0 fully saturated rings. The van der Waals surface area contributed by atoms with E-state index in [1.165, 1.54) is 24.3 Å². The van der Waals surface area contributed by atoms with E-state index in [2.05, 4.69) is 9.97 Å². The molecule has 0 amide bonds. The van der Waals surface area contributed by atoms with Gasteiger partial charge in [-0.1, -0.05) is 30.3 Å². The first-order valence-electron chi connectivity index (χ1n) is 8.02. The number of halogens is 3. The van der Waals surface area contributed by atoms with E-state index >= 15 is 0 Å². The molecule has 1 unspecified atom stereocenters. The number of nitrogens with one attached hydrogen (secondary N) is 1. The quantitative estimate of drug-likeness (QED) is 0.795. The van der Waals surface area contributed by atoms with E-state index in [4.69, 9.17) is 4.74 Å². The Kier molecular flexibility index (Phi) is 6.18. The van der Waals surface area contributed by atoms with Crippen molar-refractivity contribution in [3.8, 4) is 0 Å². The summed E-state index contributed by atoms with van der Waals surface area (Å²) in [6.07, 6.45) is -5.17. The van der Waals surface area contributed by atoms with Gasteiger partial charge in [-0.15, -0.1) is 0 Å². The Morgan fingerprint density at radius 1 is 1.23 bits per heavy atom. The van der Waals surface area contributed by atoms with Gasteiger partial charge in [-0.3, -0.25) is 9.59 Å². The van der Waals surface area contributed by atoms with Gasteiger partial charge in [0.15, 0.2) is 0 Å². The largest absolute Gasteiger partial charge is 0.465 e. The minimum Gasteiger partial charge on any atom is -0.465 e. The van der Waals surface area contributed by atoms with Crippen LogP contribution in [0.25, 0.3) is 0 Å². The van der Waals surface area contributed by atoms with E-state index in [1.807, 2.05) is 0 Å². The number of hydrogen-bond donors (Lipinski definition) is 1. The molecule has 2 aromatic rings. The highest BCUT2D eigenvalue weighted by Crippen LogP contribution is 2.37. The topological polar surface area (TPSA) is 72.0 Å². The van der Waals surface area contributed by atoms with Gasteiger partial charge in [-0.25, -0.2) is 4.98 Å². The molecule has 0 spiro atoms. The SMILES string of the molecule is Cc1nc(C)c(CC(=O)OCCC(c2ccccc2)C(F)(F)F)c(=O)[nH]1. The maximum atomic E-state index is 13.2. The van der Waals surface area contributed by atoms with Crippen LogP contribution in [0.4, 0.5) is 13.2 Å². The molecule has 0 saturated heterocycles. The van der Waals surface area contributed by atoms with Crippen molar-refractivity contribution in [2.24, 2.45) is 0 Å². The molecule has 26 heavy (non-hydrogen) atoms. The number of carbonyl (C=O) groups excluding carboxylic acids is 1. The van der Waals surface area contributed by atoms with Crippen LogP contribution in [0.5, 0.6) is 0 Å². The van der Waals surface area contributed by atoms with Gasteiger partial charge >= 0.3 is 12.1 Å². The number of aryl methyl sites for hydroxylation is 2. The summed E-state index contributed by atoms with van der Waals surface area (Å²) in [5.41, 5.74) is 0.201. The summed E-state index contributed by atoms with van der Waals surface area (Å²) in [7, 11) is 0. The first kappa shape index (κ1) is 19.7. The van der Waals surface area contributed by atoms with Crippen LogP contribution in [0.3, 0.4) is 0 Å². The van der Waals surface area contributed by atoms with Crippen LogP contribution >= 0.6 is 0 Å². The number of aromatic nitrogens is 2. The first-order valence-corrected chi connectivity index (χ1v) is 8.02. The van der Waals surface area contributed by atoms with Crippen molar-refractivity contribution in [2.45, 2.75) is 38.8 Å². The molecule has 2 rings (SSSR count). The van der Waals surface area contributed by atoms with Crippen LogP contribution in [0.2, 0.25) is 0 Å². The van der Waals surface area contributed by atoms with Gasteiger partial charge in [0.1, 0.15) is 5.82 Å². The summed E-state index contributed by atoms with van der Waals surface area (Å²) in [6, 6.07) is 7.47. The first-order chi connectivity index (χ1) is 12.2. The molecule has 5 nitrogen and oxygen atoms in total. The van der Waals surface area contributed by atoms with Crippen molar-refractivity contribution >= 4 is 5.97 Å². The number of nitrogens with zero attached hydrogens (tertiary/aromatic N) is 1. The summed E-state index contributed by atoms with van der Waals surface area (Å²) >= 11 is 0. The summed E-state index contributed by atoms with van der Waals surface area (Å²) in [5.74, 6) is -2.07. The monoisotopic (exact) mass is 368 g/mol. The Balaban J connectivity index is 1.98. The second kappa shape index (κ2) is 8.16. The van der Waals surface area contributed by atoms with Crippen molar-refractivity contribution in [1.29, 1.82) is 0 Å². The molecule has 1 aromatic carbocycles. The Hall–Kier alpha value is -2.64. The maximum absolute atomic E-state index is 13.2. The predicted octanol–water partition coefficient (Wildman–Crippen LogP) is 3.21. The molecule has 1 heterocycles. The number of alkyl halides is 3. The molecule has 1 atom stereocenters. The molecular formula is C18H19F3N2O3. The predicted molar refractivity (Wildman–Crippen MR) is 88.8 cm³/mol.